The van der Waals surface area contributed by atoms with Gasteiger partial charge in [-0.15, -0.1) is 0 Å². The molecule has 0 saturated carbocycles. The summed E-state index contributed by atoms with van der Waals surface area (Å²) in [4.78, 5) is 0. The number of nitrogen functional groups attached to an aromatic ring is 1. The van der Waals surface area contributed by atoms with Crippen molar-refractivity contribution in [1.82, 2.24) is 0 Å². The van der Waals surface area contributed by atoms with Crippen LogP contribution in [-0.4, -0.2) is 17.3 Å². The van der Waals surface area contributed by atoms with E-state index < -0.39 is 0 Å². The molecule has 0 fully saturated rings. The molecule has 4 rings (SSSR count). The largest absolute Gasteiger partial charge is 0.508 e. The van der Waals surface area contributed by atoms with E-state index >= 15 is 0 Å². The number of aromatic hydroxyl groups is 2. The molecule has 0 unspecified atom stereocenters. The fourth-order valence-corrected chi connectivity index (χ4v) is 3.77. The Balaban J connectivity index is 1.65. The molecular formula is C27H26N2O2. The SMILES string of the molecule is CNc1ccc(-c2ccc(N)c(Cc3ccc(O)cc3)c2)cc1Cc1ccc(O)cc1. The second kappa shape index (κ2) is 8.84. The lowest BCUT2D eigenvalue weighted by molar-refractivity contribution is 0.474. The molecule has 0 aliphatic carbocycles. The van der Waals surface area contributed by atoms with Crippen molar-refractivity contribution in [3.05, 3.63) is 107 Å². The van der Waals surface area contributed by atoms with Crippen LogP contribution in [0, 0.1) is 0 Å². The molecule has 0 aromatic heterocycles. The second-order valence-electron chi connectivity index (χ2n) is 7.72. The number of nitrogens with one attached hydrogen (secondary N) is 1. The highest BCUT2D eigenvalue weighted by Crippen LogP contribution is 2.30. The molecule has 4 nitrogen and oxygen atoms in total. The van der Waals surface area contributed by atoms with Crippen molar-refractivity contribution in [2.24, 2.45) is 0 Å². The van der Waals surface area contributed by atoms with Crippen molar-refractivity contribution in [3.8, 4) is 22.6 Å². The molecule has 0 aliphatic heterocycles. The van der Waals surface area contributed by atoms with E-state index in [2.05, 4.69) is 29.6 Å². The van der Waals surface area contributed by atoms with E-state index in [0.29, 0.717) is 6.42 Å². The first-order valence-electron chi connectivity index (χ1n) is 10.3. The van der Waals surface area contributed by atoms with Gasteiger partial charge >= 0.3 is 0 Å². The van der Waals surface area contributed by atoms with Crippen LogP contribution in [0.1, 0.15) is 22.3 Å². The van der Waals surface area contributed by atoms with Crippen molar-refractivity contribution in [1.29, 1.82) is 0 Å². The van der Waals surface area contributed by atoms with Crippen LogP contribution in [-0.2, 0) is 12.8 Å². The van der Waals surface area contributed by atoms with E-state index in [1.54, 1.807) is 24.3 Å². The fraction of sp³-hybridized carbons (Fsp3) is 0.111. The molecule has 4 heteroatoms. The molecule has 4 aromatic carbocycles. The molecule has 156 valence electrons. The predicted molar refractivity (Wildman–Crippen MR) is 128 cm³/mol. The van der Waals surface area contributed by atoms with E-state index in [0.717, 1.165) is 45.6 Å². The van der Waals surface area contributed by atoms with Gasteiger partial charge in [-0.25, -0.2) is 0 Å². The number of phenols is 2. The van der Waals surface area contributed by atoms with Gasteiger partial charge in [-0.2, -0.15) is 0 Å². The number of nitrogens with two attached hydrogens (primary N) is 1. The predicted octanol–water partition coefficient (Wildman–Crippen LogP) is 5.57. The molecule has 0 heterocycles. The highest BCUT2D eigenvalue weighted by Gasteiger charge is 2.09. The smallest absolute Gasteiger partial charge is 0.115 e. The third kappa shape index (κ3) is 4.81. The van der Waals surface area contributed by atoms with Crippen LogP contribution in [0.2, 0.25) is 0 Å². The summed E-state index contributed by atoms with van der Waals surface area (Å²) in [6, 6.07) is 27.1. The van der Waals surface area contributed by atoms with Crippen LogP contribution in [0.3, 0.4) is 0 Å². The normalized spacial score (nSPS) is 10.7. The van der Waals surface area contributed by atoms with Gasteiger partial charge in [0.25, 0.3) is 0 Å². The molecule has 0 saturated heterocycles. The Labute approximate surface area is 182 Å². The summed E-state index contributed by atoms with van der Waals surface area (Å²) in [5.74, 6) is 0.533. The third-order valence-electron chi connectivity index (χ3n) is 5.51. The number of anilines is 2. The average molecular weight is 411 g/mol. The summed E-state index contributed by atoms with van der Waals surface area (Å²) in [6.45, 7) is 0. The van der Waals surface area contributed by atoms with E-state index in [1.165, 1.54) is 5.56 Å². The molecule has 4 aromatic rings. The molecule has 0 bridgehead atoms. The van der Waals surface area contributed by atoms with Crippen LogP contribution in [0.5, 0.6) is 11.5 Å². The van der Waals surface area contributed by atoms with Crippen LogP contribution < -0.4 is 11.1 Å². The minimum atomic E-state index is 0.260. The van der Waals surface area contributed by atoms with Crippen molar-refractivity contribution >= 4 is 11.4 Å². The lowest BCUT2D eigenvalue weighted by atomic mass is 9.94. The number of benzene rings is 4. The topological polar surface area (TPSA) is 78.5 Å². The van der Waals surface area contributed by atoms with Crippen molar-refractivity contribution < 1.29 is 10.2 Å². The Bertz CT molecular complexity index is 1180. The van der Waals surface area contributed by atoms with Crippen molar-refractivity contribution in [2.75, 3.05) is 18.1 Å². The summed E-state index contributed by atoms with van der Waals surface area (Å²) >= 11 is 0. The standard InChI is InChI=1S/C27H26N2O2/c1-29-27-13-7-21(17-23(27)15-19-4-10-25(31)11-5-19)20-6-12-26(28)22(16-20)14-18-2-8-24(30)9-3-18/h2-13,16-17,29-31H,14-15,28H2,1H3. The number of rotatable bonds is 6. The lowest BCUT2D eigenvalue weighted by Gasteiger charge is -2.14. The molecule has 0 aliphatic rings. The molecule has 5 N–H and O–H groups in total. The van der Waals surface area contributed by atoms with Gasteiger partial charge < -0.3 is 21.3 Å². The van der Waals surface area contributed by atoms with Crippen molar-refractivity contribution in [2.45, 2.75) is 12.8 Å². The monoisotopic (exact) mass is 410 g/mol. The second-order valence-corrected chi connectivity index (χ2v) is 7.72. The molecule has 0 atom stereocenters. The van der Waals surface area contributed by atoms with Gasteiger partial charge in [0.1, 0.15) is 11.5 Å². The Morgan fingerprint density at radius 2 is 1.13 bits per heavy atom. The molecule has 0 spiro atoms. The van der Waals surface area contributed by atoms with Crippen molar-refractivity contribution in [3.63, 3.8) is 0 Å². The van der Waals surface area contributed by atoms with Gasteiger partial charge in [0, 0.05) is 18.4 Å². The summed E-state index contributed by atoms with van der Waals surface area (Å²) in [6.07, 6.45) is 1.47. The maximum atomic E-state index is 9.55. The van der Waals surface area contributed by atoms with Gasteiger partial charge in [-0.1, -0.05) is 36.4 Å². The van der Waals surface area contributed by atoms with Gasteiger partial charge in [-0.05, 0) is 94.8 Å². The summed E-state index contributed by atoms with van der Waals surface area (Å²) < 4.78 is 0. The van der Waals surface area contributed by atoms with E-state index in [1.807, 2.05) is 43.4 Å². The summed E-state index contributed by atoms with van der Waals surface area (Å²) in [7, 11) is 1.92. The van der Waals surface area contributed by atoms with Gasteiger partial charge in [0.05, 0.1) is 0 Å². The zero-order valence-corrected chi connectivity index (χ0v) is 17.5. The summed E-state index contributed by atoms with van der Waals surface area (Å²) in [5, 5.41) is 22.3. The van der Waals surface area contributed by atoms with E-state index in [9.17, 15) is 10.2 Å². The summed E-state index contributed by atoms with van der Waals surface area (Å²) in [5.41, 5.74) is 14.8. The fourth-order valence-electron chi connectivity index (χ4n) is 3.77. The van der Waals surface area contributed by atoms with Crippen LogP contribution in [0.4, 0.5) is 11.4 Å². The molecular weight excluding hydrogens is 384 g/mol. The Hall–Kier alpha value is -3.92. The zero-order chi connectivity index (χ0) is 21.8. The van der Waals surface area contributed by atoms with Gasteiger partial charge in [0.15, 0.2) is 0 Å². The van der Waals surface area contributed by atoms with Gasteiger partial charge in [0.2, 0.25) is 0 Å². The maximum Gasteiger partial charge on any atom is 0.115 e. The number of phenolic OH excluding ortho intramolecular Hbond substituents is 2. The minimum absolute atomic E-state index is 0.260. The quantitative estimate of drug-likeness (QED) is 0.313. The highest BCUT2D eigenvalue weighted by molar-refractivity contribution is 5.72. The highest BCUT2D eigenvalue weighted by atomic mass is 16.3. The minimum Gasteiger partial charge on any atom is -0.508 e. The zero-order valence-electron chi connectivity index (χ0n) is 17.5. The van der Waals surface area contributed by atoms with Crippen LogP contribution >= 0.6 is 0 Å². The van der Waals surface area contributed by atoms with Gasteiger partial charge in [-0.3, -0.25) is 0 Å². The molecule has 31 heavy (non-hydrogen) atoms. The first-order valence-corrected chi connectivity index (χ1v) is 10.3. The average Bonchev–Trinajstić information content (AvgIpc) is 2.78. The third-order valence-corrected chi connectivity index (χ3v) is 5.51. The maximum absolute atomic E-state index is 9.55. The van der Waals surface area contributed by atoms with Crippen LogP contribution in [0.25, 0.3) is 11.1 Å². The Morgan fingerprint density at radius 1 is 0.645 bits per heavy atom. The molecule has 0 amide bonds. The number of hydrogen-bond acceptors (Lipinski definition) is 4. The Morgan fingerprint density at radius 3 is 1.68 bits per heavy atom. The first kappa shape index (κ1) is 20.4. The Kier molecular flexibility index (Phi) is 5.80. The number of hydrogen-bond donors (Lipinski definition) is 4. The van der Waals surface area contributed by atoms with Crippen LogP contribution in [0.15, 0.2) is 84.9 Å². The van der Waals surface area contributed by atoms with E-state index in [4.69, 9.17) is 5.73 Å². The molecule has 0 radical (unpaired) electrons. The lowest BCUT2D eigenvalue weighted by Crippen LogP contribution is -1.99. The van der Waals surface area contributed by atoms with E-state index in [-0.39, 0.29) is 11.5 Å². The first-order chi connectivity index (χ1) is 15.0.